The first-order chi connectivity index (χ1) is 18.9. The van der Waals surface area contributed by atoms with E-state index in [-0.39, 0.29) is 11.0 Å². The number of para-hydroxylation sites is 1. The van der Waals surface area contributed by atoms with Gasteiger partial charge in [0.2, 0.25) is 0 Å². The summed E-state index contributed by atoms with van der Waals surface area (Å²) in [4.78, 5) is 42.9. The number of halogens is 1. The van der Waals surface area contributed by atoms with Crippen LogP contribution in [0.2, 0.25) is 5.02 Å². The second-order valence-electron chi connectivity index (χ2n) is 9.25. The summed E-state index contributed by atoms with van der Waals surface area (Å²) < 4.78 is 1.63. The van der Waals surface area contributed by atoms with Crippen LogP contribution in [0.25, 0.3) is 38.6 Å². The maximum Gasteiger partial charge on any atom is 0.263 e. The van der Waals surface area contributed by atoms with Crippen LogP contribution in [0.15, 0.2) is 95.0 Å². The van der Waals surface area contributed by atoms with Gasteiger partial charge >= 0.3 is 0 Å². The number of aryl methyl sites for hydroxylation is 1. The van der Waals surface area contributed by atoms with E-state index in [4.69, 9.17) is 11.6 Å². The van der Waals surface area contributed by atoms with Gasteiger partial charge in [-0.25, -0.2) is 9.97 Å². The molecule has 6 aromatic rings. The van der Waals surface area contributed by atoms with E-state index in [0.29, 0.717) is 44.0 Å². The van der Waals surface area contributed by atoms with Gasteiger partial charge in [-0.3, -0.25) is 19.1 Å². The Kier molecular flexibility index (Phi) is 6.17. The van der Waals surface area contributed by atoms with Gasteiger partial charge in [-0.2, -0.15) is 0 Å². The largest absolute Gasteiger partial charge is 0.361 e. The fraction of sp³-hybridized carbons (Fsp3) is 0.100. The maximum absolute atomic E-state index is 14.4. The maximum atomic E-state index is 14.4. The van der Waals surface area contributed by atoms with Crippen LogP contribution >= 0.6 is 11.6 Å². The van der Waals surface area contributed by atoms with Gasteiger partial charge in [0.05, 0.1) is 22.1 Å². The Bertz CT molecular complexity index is 1960. The molecule has 192 valence electrons. The predicted molar refractivity (Wildman–Crippen MR) is 155 cm³/mol. The van der Waals surface area contributed by atoms with Gasteiger partial charge in [-0.15, -0.1) is 0 Å². The number of aromatic amines is 1. The molecule has 0 aliphatic carbocycles. The third kappa shape index (κ3) is 4.24. The number of rotatable bonds is 5. The third-order valence-corrected chi connectivity index (χ3v) is 7.13. The molecular weight excluding hydrogens is 512 g/mol. The Morgan fingerprint density at radius 3 is 2.51 bits per heavy atom. The number of pyridine rings is 3. The highest BCUT2D eigenvalue weighted by atomic mass is 35.5. The quantitative estimate of drug-likeness (QED) is 0.289. The highest BCUT2D eigenvalue weighted by molar-refractivity contribution is 6.36. The van der Waals surface area contributed by atoms with E-state index >= 15 is 0 Å². The van der Waals surface area contributed by atoms with E-state index < -0.39 is 6.04 Å². The van der Waals surface area contributed by atoms with Crippen molar-refractivity contribution in [3.8, 4) is 16.8 Å². The van der Waals surface area contributed by atoms with Gasteiger partial charge in [0, 0.05) is 40.8 Å². The summed E-state index contributed by atoms with van der Waals surface area (Å²) in [6, 6.07) is 19.8. The van der Waals surface area contributed by atoms with Gasteiger partial charge in [0.15, 0.2) is 5.43 Å². The minimum atomic E-state index is -0.516. The van der Waals surface area contributed by atoms with Gasteiger partial charge < -0.3 is 10.3 Å². The zero-order chi connectivity index (χ0) is 27.1. The van der Waals surface area contributed by atoms with Crippen molar-refractivity contribution >= 4 is 39.2 Å². The first-order valence-corrected chi connectivity index (χ1v) is 12.8. The molecule has 8 nitrogen and oxygen atoms in total. The molecule has 0 amide bonds. The van der Waals surface area contributed by atoms with E-state index in [0.717, 1.165) is 16.8 Å². The number of hydrogen-bond donors (Lipinski definition) is 2. The molecule has 2 aromatic carbocycles. The fourth-order valence-corrected chi connectivity index (χ4v) is 5.30. The Morgan fingerprint density at radius 1 is 0.923 bits per heavy atom. The minimum absolute atomic E-state index is 0.217. The molecule has 0 saturated carbocycles. The molecule has 0 aliphatic rings. The summed E-state index contributed by atoms with van der Waals surface area (Å²) in [5.74, 6) is 0.344. The summed E-state index contributed by atoms with van der Waals surface area (Å²) in [7, 11) is 0. The molecule has 39 heavy (non-hydrogen) atoms. The molecule has 4 aromatic heterocycles. The summed E-state index contributed by atoms with van der Waals surface area (Å²) in [5, 5.41) is 5.18. The second-order valence-corrected chi connectivity index (χ2v) is 9.62. The molecule has 4 heterocycles. The molecule has 0 fully saturated rings. The lowest BCUT2D eigenvalue weighted by Crippen LogP contribution is -2.27. The standard InChI is InChI=1S/C30H23ClN6O2/c1-17-11-12-19(15-33-17)21-9-6-10-22-24(21)30(39)37(20-7-4-3-5-8-20)27(26(22)31)18(2)36-29-25-23(38)13-14-32-28(25)34-16-35-29/h3-16,18H,1-2H3,(H2,32,34,35,36,38)/t18-/m0/s1. The molecule has 0 radical (unpaired) electrons. The molecule has 0 aliphatic heterocycles. The summed E-state index contributed by atoms with van der Waals surface area (Å²) >= 11 is 7.15. The number of nitrogens with one attached hydrogen (secondary N) is 2. The van der Waals surface area contributed by atoms with Crippen molar-refractivity contribution in [3.63, 3.8) is 0 Å². The van der Waals surface area contributed by atoms with Crippen LogP contribution in [0.1, 0.15) is 24.4 Å². The van der Waals surface area contributed by atoms with Crippen LogP contribution < -0.4 is 16.3 Å². The summed E-state index contributed by atoms with van der Waals surface area (Å²) in [5.41, 5.74) is 3.63. The molecule has 6 rings (SSSR count). The molecule has 9 heteroatoms. The molecule has 0 saturated heterocycles. The fourth-order valence-electron chi connectivity index (χ4n) is 4.90. The number of anilines is 1. The number of fused-ring (bicyclic) bond motifs is 2. The van der Waals surface area contributed by atoms with Crippen LogP contribution in [0.4, 0.5) is 5.82 Å². The number of nitrogens with zero attached hydrogens (tertiary/aromatic N) is 4. The van der Waals surface area contributed by atoms with Gasteiger partial charge in [-0.1, -0.05) is 54.1 Å². The molecule has 0 bridgehead atoms. The topological polar surface area (TPSA) is 106 Å². The van der Waals surface area contributed by atoms with E-state index in [1.54, 1.807) is 17.0 Å². The monoisotopic (exact) mass is 534 g/mol. The van der Waals surface area contributed by atoms with Crippen LogP contribution in [0, 0.1) is 6.92 Å². The van der Waals surface area contributed by atoms with E-state index in [1.165, 1.54) is 12.4 Å². The van der Waals surface area contributed by atoms with Gasteiger partial charge in [-0.05, 0) is 37.6 Å². The molecule has 0 unspecified atom stereocenters. The number of aromatic nitrogens is 5. The lowest BCUT2D eigenvalue weighted by molar-refractivity contribution is 0.774. The summed E-state index contributed by atoms with van der Waals surface area (Å²) in [6.45, 7) is 3.80. The molecule has 2 N–H and O–H groups in total. The first-order valence-electron chi connectivity index (χ1n) is 12.4. The summed E-state index contributed by atoms with van der Waals surface area (Å²) in [6.07, 6.45) is 4.68. The van der Waals surface area contributed by atoms with E-state index in [2.05, 4.69) is 25.3 Å². The van der Waals surface area contributed by atoms with Crippen molar-refractivity contribution in [2.75, 3.05) is 5.32 Å². The normalized spacial score (nSPS) is 12.1. The van der Waals surface area contributed by atoms with Gasteiger partial charge in [0.1, 0.15) is 23.2 Å². The Balaban J connectivity index is 1.62. The van der Waals surface area contributed by atoms with E-state index in [1.807, 2.05) is 74.5 Å². The Morgan fingerprint density at radius 2 is 1.74 bits per heavy atom. The molecule has 0 spiro atoms. The Hall–Kier alpha value is -4.82. The lowest BCUT2D eigenvalue weighted by atomic mass is 9.98. The smallest absolute Gasteiger partial charge is 0.263 e. The SMILES string of the molecule is Cc1ccc(-c2cccc3c(Cl)c([C@H](C)Nc4ncnc5[nH]ccc(=O)c45)n(-c4ccccc4)c(=O)c23)cn1. The average Bonchev–Trinajstić information content (AvgIpc) is 2.95. The van der Waals surface area contributed by atoms with Crippen LogP contribution in [0.3, 0.4) is 0 Å². The second kappa shape index (κ2) is 9.81. The molecule has 1 atom stereocenters. The first kappa shape index (κ1) is 24.5. The zero-order valence-corrected chi connectivity index (χ0v) is 21.9. The number of hydrogen-bond acceptors (Lipinski definition) is 6. The van der Waals surface area contributed by atoms with Crippen molar-refractivity contribution in [1.82, 2.24) is 24.5 Å². The number of H-pyrrole nitrogens is 1. The van der Waals surface area contributed by atoms with Crippen LogP contribution in [-0.4, -0.2) is 24.5 Å². The number of benzene rings is 2. The highest BCUT2D eigenvalue weighted by Gasteiger charge is 2.24. The van der Waals surface area contributed by atoms with Crippen molar-refractivity contribution in [1.29, 1.82) is 0 Å². The average molecular weight is 535 g/mol. The third-order valence-electron chi connectivity index (χ3n) is 6.73. The minimum Gasteiger partial charge on any atom is -0.361 e. The van der Waals surface area contributed by atoms with Crippen molar-refractivity contribution in [2.24, 2.45) is 0 Å². The predicted octanol–water partition coefficient (Wildman–Crippen LogP) is 5.82. The zero-order valence-electron chi connectivity index (χ0n) is 21.1. The molecular formula is C30H23ClN6O2. The Labute approximate surface area is 228 Å². The van der Waals surface area contributed by atoms with Crippen LogP contribution in [-0.2, 0) is 0 Å². The van der Waals surface area contributed by atoms with E-state index in [9.17, 15) is 9.59 Å². The van der Waals surface area contributed by atoms with Gasteiger partial charge in [0.25, 0.3) is 5.56 Å². The highest BCUT2D eigenvalue weighted by Crippen LogP contribution is 2.36. The van der Waals surface area contributed by atoms with Crippen molar-refractivity contribution in [2.45, 2.75) is 19.9 Å². The van der Waals surface area contributed by atoms with Crippen molar-refractivity contribution < 1.29 is 0 Å². The van der Waals surface area contributed by atoms with Crippen molar-refractivity contribution in [3.05, 3.63) is 122 Å². The lowest BCUT2D eigenvalue weighted by Gasteiger charge is -2.24. The van der Waals surface area contributed by atoms with Crippen LogP contribution in [0.5, 0.6) is 0 Å².